The van der Waals surface area contributed by atoms with Crippen LogP contribution in [0.5, 0.6) is 0 Å². The fraction of sp³-hybridized carbons (Fsp3) is 0.278. The molecule has 0 unspecified atom stereocenters. The van der Waals surface area contributed by atoms with Crippen LogP contribution >= 0.6 is 11.8 Å². The second kappa shape index (κ2) is 9.84. The summed E-state index contributed by atoms with van der Waals surface area (Å²) in [6.07, 6.45) is 0. The Balaban J connectivity index is 1.82. The molecule has 1 N–H and O–H groups in total. The summed E-state index contributed by atoms with van der Waals surface area (Å²) in [6.45, 7) is 0.421. The van der Waals surface area contributed by atoms with Crippen molar-refractivity contribution in [2.75, 3.05) is 26.5 Å². The van der Waals surface area contributed by atoms with Crippen LogP contribution in [-0.2, 0) is 20.6 Å². The van der Waals surface area contributed by atoms with Gasteiger partial charge in [0, 0.05) is 30.7 Å². The van der Waals surface area contributed by atoms with E-state index in [-0.39, 0.29) is 16.6 Å². The Bertz CT molecular complexity index is 873. The van der Waals surface area contributed by atoms with Gasteiger partial charge in [-0.2, -0.15) is 11.8 Å². The molecule has 0 aliphatic carbocycles. The van der Waals surface area contributed by atoms with Crippen LogP contribution in [0.4, 0.5) is 4.39 Å². The first-order chi connectivity index (χ1) is 12.9. The normalized spacial score (nSPS) is 11.6. The highest BCUT2D eigenvalue weighted by Crippen LogP contribution is 2.16. The Morgan fingerprint density at radius 2 is 1.85 bits per heavy atom. The van der Waals surface area contributed by atoms with Crippen molar-refractivity contribution in [1.82, 2.24) is 9.79 Å². The van der Waals surface area contributed by atoms with Gasteiger partial charge in [-0.15, -0.1) is 0 Å². The van der Waals surface area contributed by atoms with Crippen molar-refractivity contribution in [3.63, 3.8) is 0 Å². The minimum absolute atomic E-state index is 0.0313. The molecule has 2 aromatic carbocycles. The Morgan fingerprint density at radius 1 is 1.19 bits per heavy atom. The molecule has 0 spiro atoms. The second-order valence-electron chi connectivity index (χ2n) is 5.52. The molecular weight excluding hydrogens is 391 g/mol. The molecule has 0 aliphatic heterocycles. The number of hydrogen-bond donors (Lipinski definition) is 1. The van der Waals surface area contributed by atoms with Gasteiger partial charge >= 0.3 is 0 Å². The van der Waals surface area contributed by atoms with Gasteiger partial charge < -0.3 is 5.32 Å². The van der Waals surface area contributed by atoms with Gasteiger partial charge in [0.1, 0.15) is 5.82 Å². The van der Waals surface area contributed by atoms with Crippen molar-refractivity contribution >= 4 is 27.7 Å². The van der Waals surface area contributed by atoms with Crippen molar-refractivity contribution < 1.29 is 22.4 Å². The smallest absolute Gasteiger partial charge is 0.264 e. The summed E-state index contributed by atoms with van der Waals surface area (Å²) in [5.41, 5.74) is 0.986. The zero-order valence-corrected chi connectivity index (χ0v) is 16.6. The van der Waals surface area contributed by atoms with E-state index < -0.39 is 10.0 Å². The van der Waals surface area contributed by atoms with Gasteiger partial charge in [-0.1, -0.05) is 22.7 Å². The number of rotatable bonds is 9. The van der Waals surface area contributed by atoms with Crippen LogP contribution in [0.3, 0.4) is 0 Å². The first-order valence-corrected chi connectivity index (χ1v) is 10.7. The van der Waals surface area contributed by atoms with Gasteiger partial charge in [0.2, 0.25) is 0 Å². The van der Waals surface area contributed by atoms with Crippen LogP contribution in [0, 0.1) is 5.82 Å². The first-order valence-electron chi connectivity index (χ1n) is 8.08. The molecule has 0 aromatic heterocycles. The number of carbonyl (C=O) groups excluding carboxylic acids is 1. The Hall–Kier alpha value is -1.94. The van der Waals surface area contributed by atoms with Crippen LogP contribution in [-0.4, -0.2) is 45.2 Å². The lowest BCUT2D eigenvalue weighted by molar-refractivity contribution is -0.0258. The third-order valence-corrected chi connectivity index (χ3v) is 6.46. The molecule has 0 aliphatic rings. The number of halogens is 1. The Labute approximate surface area is 162 Å². The molecule has 2 rings (SSSR count). The van der Waals surface area contributed by atoms with E-state index in [0.29, 0.717) is 29.2 Å². The second-order valence-corrected chi connectivity index (χ2v) is 8.56. The molecular formula is C18H21FN2O4S2. The molecule has 0 radical (unpaired) electrons. The lowest BCUT2D eigenvalue weighted by atomic mass is 10.2. The monoisotopic (exact) mass is 412 g/mol. The summed E-state index contributed by atoms with van der Waals surface area (Å²) in [5, 5.41) is 2.75. The van der Waals surface area contributed by atoms with Crippen molar-refractivity contribution in [2.45, 2.75) is 10.6 Å². The molecule has 0 heterocycles. The molecule has 0 atom stereocenters. The van der Waals surface area contributed by atoms with Gasteiger partial charge in [-0.25, -0.2) is 12.8 Å². The van der Waals surface area contributed by atoms with E-state index >= 15 is 0 Å². The highest BCUT2D eigenvalue weighted by molar-refractivity contribution is 7.98. The van der Waals surface area contributed by atoms with Gasteiger partial charge in [0.25, 0.3) is 15.9 Å². The number of sulfonamides is 1. The number of nitrogens with zero attached hydrogens (tertiary/aromatic N) is 1. The fourth-order valence-corrected chi connectivity index (χ4v) is 3.98. The lowest BCUT2D eigenvalue weighted by Gasteiger charge is -2.14. The third-order valence-electron chi connectivity index (χ3n) is 3.76. The summed E-state index contributed by atoms with van der Waals surface area (Å²) in [4.78, 5) is 16.9. The topological polar surface area (TPSA) is 75.7 Å². The van der Waals surface area contributed by atoms with E-state index in [4.69, 9.17) is 4.84 Å². The summed E-state index contributed by atoms with van der Waals surface area (Å²) >= 11 is 1.52. The average Bonchev–Trinajstić information content (AvgIpc) is 2.68. The van der Waals surface area contributed by atoms with E-state index in [1.54, 1.807) is 18.2 Å². The van der Waals surface area contributed by atoms with E-state index in [1.807, 2.05) is 0 Å². The zero-order chi connectivity index (χ0) is 19.9. The molecule has 1 amide bonds. The van der Waals surface area contributed by atoms with Crippen molar-refractivity contribution in [2.24, 2.45) is 0 Å². The minimum atomic E-state index is -3.74. The van der Waals surface area contributed by atoms with Crippen LogP contribution in [0.25, 0.3) is 0 Å². The molecule has 6 nitrogen and oxygen atoms in total. The molecule has 0 saturated carbocycles. The minimum Gasteiger partial charge on any atom is -0.351 e. The summed E-state index contributed by atoms with van der Waals surface area (Å²) in [6, 6.07) is 12.2. The average molecular weight is 413 g/mol. The van der Waals surface area contributed by atoms with Crippen LogP contribution < -0.4 is 5.32 Å². The van der Waals surface area contributed by atoms with Crippen LogP contribution in [0.1, 0.15) is 15.9 Å². The Morgan fingerprint density at radius 3 is 2.48 bits per heavy atom. The van der Waals surface area contributed by atoms with Crippen molar-refractivity contribution in [3.8, 4) is 0 Å². The molecule has 0 bridgehead atoms. The molecule has 27 heavy (non-hydrogen) atoms. The Kier molecular flexibility index (Phi) is 7.78. The molecule has 2 aromatic rings. The largest absolute Gasteiger partial charge is 0.351 e. The van der Waals surface area contributed by atoms with Gasteiger partial charge in [0.05, 0.1) is 12.0 Å². The maximum Gasteiger partial charge on any atom is 0.264 e. The predicted octanol–water partition coefficient (Wildman–Crippen LogP) is 2.67. The van der Waals surface area contributed by atoms with Crippen LogP contribution in [0.15, 0.2) is 53.4 Å². The highest BCUT2D eigenvalue weighted by atomic mass is 32.2. The van der Waals surface area contributed by atoms with E-state index in [0.717, 1.165) is 4.47 Å². The molecule has 146 valence electrons. The molecule has 9 heteroatoms. The summed E-state index contributed by atoms with van der Waals surface area (Å²) in [7, 11) is -1.20. The number of hydrogen-bond acceptors (Lipinski definition) is 5. The molecule has 0 saturated heterocycles. The maximum atomic E-state index is 13.5. The number of hydroxylamine groups is 1. The van der Waals surface area contributed by atoms with E-state index in [1.165, 1.54) is 56.3 Å². The number of benzene rings is 2. The SMILES string of the molecule is CON(C)S(=O)(=O)c1ccc(C(=O)NCCSCc2ccccc2F)cc1. The molecule has 0 fully saturated rings. The summed E-state index contributed by atoms with van der Waals surface area (Å²) in [5.74, 6) is 0.626. The first kappa shape index (κ1) is 21.4. The van der Waals surface area contributed by atoms with Gasteiger partial charge in [0.15, 0.2) is 0 Å². The lowest BCUT2D eigenvalue weighted by Crippen LogP contribution is -2.27. The number of amides is 1. The highest BCUT2D eigenvalue weighted by Gasteiger charge is 2.20. The number of thioether (sulfide) groups is 1. The number of nitrogens with one attached hydrogen (secondary N) is 1. The predicted molar refractivity (Wildman–Crippen MR) is 103 cm³/mol. The van der Waals surface area contributed by atoms with E-state index in [9.17, 15) is 17.6 Å². The standard InChI is InChI=1S/C18H21FN2O4S2/c1-21(25-2)27(23,24)16-9-7-14(8-10-16)18(22)20-11-12-26-13-15-5-3-4-6-17(15)19/h3-10H,11-13H2,1-2H3,(H,20,22). The fourth-order valence-electron chi connectivity index (χ4n) is 2.16. The quantitative estimate of drug-likeness (QED) is 0.506. The van der Waals surface area contributed by atoms with Gasteiger partial charge in [-0.05, 0) is 35.9 Å². The van der Waals surface area contributed by atoms with Crippen LogP contribution in [0.2, 0.25) is 0 Å². The van der Waals surface area contributed by atoms with Crippen molar-refractivity contribution in [3.05, 3.63) is 65.5 Å². The third kappa shape index (κ3) is 5.77. The number of carbonyl (C=O) groups is 1. The maximum absolute atomic E-state index is 13.5. The van der Waals surface area contributed by atoms with E-state index in [2.05, 4.69) is 5.32 Å². The zero-order valence-electron chi connectivity index (χ0n) is 15.0. The van der Waals surface area contributed by atoms with Gasteiger partial charge in [-0.3, -0.25) is 9.63 Å². The van der Waals surface area contributed by atoms with Crippen molar-refractivity contribution in [1.29, 1.82) is 0 Å². The summed E-state index contributed by atoms with van der Waals surface area (Å²) < 4.78 is 38.4.